The summed E-state index contributed by atoms with van der Waals surface area (Å²) < 4.78 is 17.6. The van der Waals surface area contributed by atoms with Gasteiger partial charge in [-0.05, 0) is 97.6 Å². The molecule has 4 fully saturated rings. The van der Waals surface area contributed by atoms with Crippen molar-refractivity contribution in [3.05, 3.63) is 81.2 Å². The fourth-order valence-electron chi connectivity index (χ4n) is 10.1. The number of fused-ring (bicyclic) bond motifs is 4. The van der Waals surface area contributed by atoms with E-state index < -0.39 is 41.6 Å². The van der Waals surface area contributed by atoms with Crippen molar-refractivity contribution in [2.45, 2.75) is 69.3 Å². The summed E-state index contributed by atoms with van der Waals surface area (Å²) in [6.07, 6.45) is 5.89. The smallest absolute Gasteiger partial charge is 0.349 e. The normalized spacial score (nSPS) is 30.7. The maximum absolute atomic E-state index is 14.8. The lowest BCUT2D eigenvalue weighted by Gasteiger charge is -2.58. The highest BCUT2D eigenvalue weighted by Gasteiger charge is 2.55. The molecule has 4 atom stereocenters. The van der Waals surface area contributed by atoms with E-state index >= 15 is 0 Å². The van der Waals surface area contributed by atoms with Gasteiger partial charge in [-0.1, -0.05) is 18.2 Å². The Kier molecular flexibility index (Phi) is 8.04. The van der Waals surface area contributed by atoms with Gasteiger partial charge in [-0.3, -0.25) is 9.59 Å². The highest BCUT2D eigenvalue weighted by atomic mass is 16.5. The average Bonchev–Trinajstić information content (AvgIpc) is 3.48. The minimum absolute atomic E-state index is 0.00253. The van der Waals surface area contributed by atoms with Gasteiger partial charge in [0.25, 0.3) is 5.91 Å². The van der Waals surface area contributed by atoms with Crippen LogP contribution >= 0.6 is 0 Å². The molecule has 0 spiro atoms. The zero-order valence-corrected chi connectivity index (χ0v) is 27.5. The fraction of sp³-hybridized carbons (Fsp3) is 0.500. The Balaban J connectivity index is 1.26. The van der Waals surface area contributed by atoms with Gasteiger partial charge < -0.3 is 39.4 Å². The first-order valence-electron chi connectivity index (χ1n) is 17.3. The molecule has 0 radical (unpaired) electrons. The summed E-state index contributed by atoms with van der Waals surface area (Å²) in [5.74, 6) is 0.678. The van der Waals surface area contributed by atoms with E-state index in [2.05, 4.69) is 5.32 Å². The summed E-state index contributed by atoms with van der Waals surface area (Å²) >= 11 is 0. The highest BCUT2D eigenvalue weighted by molar-refractivity contribution is 5.98. The molecule has 5 aliphatic carbocycles. The lowest BCUT2D eigenvalue weighted by molar-refractivity contribution is -0.119. The summed E-state index contributed by atoms with van der Waals surface area (Å²) in [4.78, 5) is 43.7. The molecule has 11 heteroatoms. The number of carbonyl (C=O) groups is 2. The van der Waals surface area contributed by atoms with E-state index in [4.69, 9.17) is 13.9 Å². The molecule has 4 bridgehead atoms. The van der Waals surface area contributed by atoms with Gasteiger partial charge in [-0.25, -0.2) is 4.79 Å². The van der Waals surface area contributed by atoms with Gasteiger partial charge in [0, 0.05) is 29.6 Å². The first kappa shape index (κ1) is 32.0. The van der Waals surface area contributed by atoms with E-state index in [9.17, 15) is 29.7 Å². The standard InChI is InChI=1S/C38H42N2O9/c1-47-30-12-23(18-42)11-25-31-26(35(44)39-6-7-41)14-28(32(43)34(31)49-33(25)30)40(19-38-15-20-8-21(16-38)10-22(9-20)17-38)36(45)27-13-24-4-2-3-5-29(24)48-37(27)46/h2-5,11-14,20-22,28,31-32,34,41-43H,6-10,15-19H2,1H3,(H,39,44). The van der Waals surface area contributed by atoms with Crippen LogP contribution in [-0.4, -0.2) is 77.1 Å². The zero-order valence-electron chi connectivity index (χ0n) is 27.5. The molecule has 3 aromatic rings. The van der Waals surface area contributed by atoms with Crippen molar-refractivity contribution in [1.29, 1.82) is 0 Å². The summed E-state index contributed by atoms with van der Waals surface area (Å²) in [5.41, 5.74) is 0.676. The molecule has 2 heterocycles. The Labute approximate surface area is 283 Å². The Morgan fingerprint density at radius 1 is 1.04 bits per heavy atom. The van der Waals surface area contributed by atoms with Crippen molar-refractivity contribution in [3.8, 4) is 11.5 Å². The SMILES string of the molecule is COc1cc(CO)cc2c1OC1C2C(C(=O)NCCO)=CC(N(CC23CC4CC(CC(C4)C2)C3)C(=O)c2cc3ccccc3oc2=O)C1O. The van der Waals surface area contributed by atoms with Gasteiger partial charge in [-0.2, -0.15) is 0 Å². The second-order valence-corrected chi connectivity index (χ2v) is 14.9. The minimum Gasteiger partial charge on any atom is -0.493 e. The lowest BCUT2D eigenvalue weighted by Crippen LogP contribution is -2.60. The molecule has 4 N–H and O–H groups in total. The highest BCUT2D eigenvalue weighted by Crippen LogP contribution is 2.60. The number of hydrogen-bond acceptors (Lipinski definition) is 9. The van der Waals surface area contributed by atoms with Crippen LogP contribution in [0.4, 0.5) is 0 Å². The van der Waals surface area contributed by atoms with E-state index in [1.807, 2.05) is 0 Å². The van der Waals surface area contributed by atoms with E-state index in [0.717, 1.165) is 19.3 Å². The quantitative estimate of drug-likeness (QED) is 0.251. The molecule has 2 aromatic carbocycles. The van der Waals surface area contributed by atoms with Crippen LogP contribution in [-0.2, 0) is 11.4 Å². The molecule has 0 saturated heterocycles. The third-order valence-electron chi connectivity index (χ3n) is 11.7. The molecule has 2 amide bonds. The molecule has 6 aliphatic rings. The molecule has 11 nitrogen and oxygen atoms in total. The van der Waals surface area contributed by atoms with Gasteiger partial charge >= 0.3 is 5.63 Å². The Morgan fingerprint density at radius 2 is 1.76 bits per heavy atom. The predicted octanol–water partition coefficient (Wildman–Crippen LogP) is 3.28. The predicted molar refractivity (Wildman–Crippen MR) is 178 cm³/mol. The second-order valence-electron chi connectivity index (χ2n) is 14.9. The number of hydrogen-bond donors (Lipinski definition) is 4. The third-order valence-corrected chi connectivity index (χ3v) is 11.7. The molecule has 1 aromatic heterocycles. The third kappa shape index (κ3) is 5.43. The monoisotopic (exact) mass is 670 g/mol. The summed E-state index contributed by atoms with van der Waals surface area (Å²) in [6, 6.07) is 10.9. The fourth-order valence-corrected chi connectivity index (χ4v) is 10.1. The second kappa shape index (κ2) is 12.3. The number of ether oxygens (including phenoxy) is 2. The van der Waals surface area contributed by atoms with Crippen LogP contribution in [0.3, 0.4) is 0 Å². The van der Waals surface area contributed by atoms with Crippen LogP contribution in [0.5, 0.6) is 11.5 Å². The van der Waals surface area contributed by atoms with Crippen molar-refractivity contribution in [2.24, 2.45) is 23.2 Å². The Bertz CT molecular complexity index is 1860. The molecule has 49 heavy (non-hydrogen) atoms. The topological polar surface area (TPSA) is 159 Å². The van der Waals surface area contributed by atoms with Gasteiger partial charge in [0.15, 0.2) is 11.5 Å². The zero-order chi connectivity index (χ0) is 34.0. The number of para-hydroxylation sites is 1. The number of methoxy groups -OCH3 is 1. The number of nitrogens with zero attached hydrogens (tertiary/aromatic N) is 1. The van der Waals surface area contributed by atoms with Crippen LogP contribution in [0.1, 0.15) is 65.9 Å². The number of nitrogens with one attached hydrogen (secondary N) is 1. The number of benzene rings is 2. The van der Waals surface area contributed by atoms with Crippen molar-refractivity contribution in [3.63, 3.8) is 0 Å². The lowest BCUT2D eigenvalue weighted by atomic mass is 9.49. The maximum atomic E-state index is 14.8. The summed E-state index contributed by atoms with van der Waals surface area (Å²) in [7, 11) is 1.48. The number of aliphatic hydroxyl groups is 3. The number of aliphatic hydroxyl groups excluding tert-OH is 3. The average molecular weight is 671 g/mol. The van der Waals surface area contributed by atoms with Crippen LogP contribution in [0, 0.1) is 23.2 Å². The van der Waals surface area contributed by atoms with E-state index in [-0.39, 0.29) is 36.3 Å². The Morgan fingerprint density at radius 3 is 2.43 bits per heavy atom. The van der Waals surface area contributed by atoms with E-state index in [1.54, 1.807) is 53.4 Å². The van der Waals surface area contributed by atoms with Gasteiger partial charge in [-0.15, -0.1) is 0 Å². The van der Waals surface area contributed by atoms with Crippen molar-refractivity contribution in [2.75, 3.05) is 26.8 Å². The molecule has 1 aliphatic heterocycles. The Hall–Kier alpha value is -4.19. The first-order chi connectivity index (χ1) is 23.7. The largest absolute Gasteiger partial charge is 0.493 e. The van der Waals surface area contributed by atoms with Crippen molar-refractivity contribution >= 4 is 22.8 Å². The summed E-state index contributed by atoms with van der Waals surface area (Å²) in [6.45, 7) is -0.233. The van der Waals surface area contributed by atoms with Crippen LogP contribution in [0.2, 0.25) is 0 Å². The number of carbonyl (C=O) groups excluding carboxylic acids is 2. The van der Waals surface area contributed by atoms with Crippen molar-refractivity contribution in [1.82, 2.24) is 10.2 Å². The molecule has 4 unspecified atom stereocenters. The van der Waals surface area contributed by atoms with Crippen LogP contribution in [0.25, 0.3) is 11.0 Å². The molecule has 4 saturated carbocycles. The number of rotatable bonds is 9. The molecule has 258 valence electrons. The minimum atomic E-state index is -1.29. The van der Waals surface area contributed by atoms with Crippen LogP contribution in [0.15, 0.2) is 63.3 Å². The number of amides is 2. The van der Waals surface area contributed by atoms with Gasteiger partial charge in [0.2, 0.25) is 5.91 Å². The molecular weight excluding hydrogens is 628 g/mol. The maximum Gasteiger partial charge on any atom is 0.349 e. The molecular formula is C38H42N2O9. The summed E-state index contributed by atoms with van der Waals surface area (Å²) in [5, 5.41) is 35.2. The van der Waals surface area contributed by atoms with E-state index in [1.165, 1.54) is 26.4 Å². The van der Waals surface area contributed by atoms with Gasteiger partial charge in [0.1, 0.15) is 23.4 Å². The first-order valence-corrected chi connectivity index (χ1v) is 17.3. The van der Waals surface area contributed by atoms with E-state index in [0.29, 0.717) is 57.9 Å². The molecule has 9 rings (SSSR count). The van der Waals surface area contributed by atoms with Crippen LogP contribution < -0.4 is 20.4 Å². The van der Waals surface area contributed by atoms with Gasteiger partial charge in [0.05, 0.1) is 32.3 Å². The van der Waals surface area contributed by atoms with Crippen molar-refractivity contribution < 1.29 is 38.8 Å².